The zero-order valence-corrected chi connectivity index (χ0v) is 22.1. The van der Waals surface area contributed by atoms with Crippen molar-refractivity contribution in [3.05, 3.63) is 101 Å². The molecular formula is C31H38N2O3. The van der Waals surface area contributed by atoms with Crippen LogP contribution in [0, 0.1) is 26.7 Å². The molecule has 2 amide bonds. The average molecular weight is 487 g/mol. The first-order valence-electron chi connectivity index (χ1n) is 12.6. The van der Waals surface area contributed by atoms with Crippen molar-refractivity contribution in [1.29, 1.82) is 0 Å². The lowest BCUT2D eigenvalue weighted by atomic mass is 10.0. The Kier molecular flexibility index (Phi) is 9.69. The molecule has 0 aromatic heterocycles. The van der Waals surface area contributed by atoms with Crippen LogP contribution in [0.1, 0.15) is 41.7 Å². The highest BCUT2D eigenvalue weighted by Gasteiger charge is 2.30. The number of hydrogen-bond acceptors (Lipinski definition) is 3. The Morgan fingerprint density at radius 2 is 1.53 bits per heavy atom. The molecule has 0 heterocycles. The second-order valence-electron chi connectivity index (χ2n) is 9.91. The Balaban J connectivity index is 1.90. The summed E-state index contributed by atoms with van der Waals surface area (Å²) in [5.41, 5.74) is 5.22. The van der Waals surface area contributed by atoms with Gasteiger partial charge in [-0.05, 0) is 49.4 Å². The zero-order chi connectivity index (χ0) is 26.1. The van der Waals surface area contributed by atoms with E-state index in [0.717, 1.165) is 27.8 Å². The number of nitrogens with one attached hydrogen (secondary N) is 1. The summed E-state index contributed by atoms with van der Waals surface area (Å²) in [5, 5.41) is 3.05. The van der Waals surface area contributed by atoms with Gasteiger partial charge in [0.1, 0.15) is 11.8 Å². The summed E-state index contributed by atoms with van der Waals surface area (Å²) in [6.07, 6.45) is 0.423. The van der Waals surface area contributed by atoms with Crippen LogP contribution in [0.3, 0.4) is 0 Å². The van der Waals surface area contributed by atoms with Crippen LogP contribution in [0.4, 0.5) is 0 Å². The maximum absolute atomic E-state index is 13.7. The predicted molar refractivity (Wildman–Crippen MR) is 145 cm³/mol. The molecule has 36 heavy (non-hydrogen) atoms. The summed E-state index contributed by atoms with van der Waals surface area (Å²) in [4.78, 5) is 28.8. The van der Waals surface area contributed by atoms with E-state index in [1.54, 1.807) is 4.90 Å². The van der Waals surface area contributed by atoms with Gasteiger partial charge < -0.3 is 15.0 Å². The topological polar surface area (TPSA) is 58.6 Å². The Morgan fingerprint density at radius 3 is 2.17 bits per heavy atom. The van der Waals surface area contributed by atoms with Gasteiger partial charge in [0.15, 0.2) is 6.61 Å². The number of amides is 2. The normalized spacial score (nSPS) is 11.7. The summed E-state index contributed by atoms with van der Waals surface area (Å²) >= 11 is 0. The number of benzene rings is 3. The lowest BCUT2D eigenvalue weighted by Crippen LogP contribution is -2.52. The van der Waals surface area contributed by atoms with Gasteiger partial charge in [-0.25, -0.2) is 0 Å². The van der Waals surface area contributed by atoms with Crippen molar-refractivity contribution in [3.8, 4) is 5.75 Å². The van der Waals surface area contributed by atoms with Crippen LogP contribution in [0.15, 0.2) is 72.8 Å². The largest absolute Gasteiger partial charge is 0.483 e. The molecule has 0 radical (unpaired) electrons. The number of nitrogens with zero attached hydrogens (tertiary/aromatic N) is 1. The number of rotatable bonds is 11. The van der Waals surface area contributed by atoms with Gasteiger partial charge in [0.05, 0.1) is 0 Å². The monoisotopic (exact) mass is 486 g/mol. The average Bonchev–Trinajstić information content (AvgIpc) is 2.85. The molecule has 0 bridgehead atoms. The van der Waals surface area contributed by atoms with E-state index >= 15 is 0 Å². The van der Waals surface area contributed by atoms with Crippen molar-refractivity contribution in [2.75, 3.05) is 13.2 Å². The minimum Gasteiger partial charge on any atom is -0.483 e. The van der Waals surface area contributed by atoms with Gasteiger partial charge in [-0.1, -0.05) is 91.7 Å². The fraction of sp³-hybridized carbons (Fsp3) is 0.355. The van der Waals surface area contributed by atoms with E-state index in [2.05, 4.69) is 19.2 Å². The van der Waals surface area contributed by atoms with Gasteiger partial charge in [-0.3, -0.25) is 9.59 Å². The number of aryl methyl sites for hydroxylation is 3. The molecule has 0 saturated carbocycles. The van der Waals surface area contributed by atoms with Crippen LogP contribution in [-0.4, -0.2) is 35.9 Å². The van der Waals surface area contributed by atoms with E-state index in [9.17, 15) is 9.59 Å². The molecule has 0 saturated heterocycles. The SMILES string of the molecule is Cc1ccc(CN(C(=O)COc2ccc(C)cc2C)[C@H](Cc2ccccc2)C(=O)NCC(C)C)cc1. The Hall–Kier alpha value is -3.60. The minimum atomic E-state index is -0.664. The highest BCUT2D eigenvalue weighted by atomic mass is 16.5. The van der Waals surface area contributed by atoms with Crippen LogP contribution in [0.2, 0.25) is 0 Å². The molecule has 3 aromatic rings. The fourth-order valence-corrected chi connectivity index (χ4v) is 4.05. The lowest BCUT2D eigenvalue weighted by molar-refractivity contribution is -0.142. The minimum absolute atomic E-state index is 0.140. The van der Waals surface area contributed by atoms with Gasteiger partial charge in [-0.15, -0.1) is 0 Å². The second kappa shape index (κ2) is 12.9. The van der Waals surface area contributed by atoms with Crippen LogP contribution in [0.5, 0.6) is 5.75 Å². The predicted octanol–water partition coefficient (Wildman–Crippen LogP) is 5.40. The van der Waals surface area contributed by atoms with E-state index in [1.807, 2.05) is 93.6 Å². The van der Waals surface area contributed by atoms with Crippen molar-refractivity contribution in [1.82, 2.24) is 10.2 Å². The molecule has 1 atom stereocenters. The molecule has 3 aromatic carbocycles. The van der Waals surface area contributed by atoms with E-state index in [0.29, 0.717) is 31.2 Å². The quantitative estimate of drug-likeness (QED) is 0.395. The molecule has 0 aliphatic rings. The smallest absolute Gasteiger partial charge is 0.261 e. The Bertz CT molecular complexity index is 1140. The van der Waals surface area contributed by atoms with Crippen molar-refractivity contribution >= 4 is 11.8 Å². The van der Waals surface area contributed by atoms with Crippen LogP contribution in [0.25, 0.3) is 0 Å². The molecule has 0 unspecified atom stereocenters. The zero-order valence-electron chi connectivity index (χ0n) is 22.1. The highest BCUT2D eigenvalue weighted by molar-refractivity contribution is 5.88. The van der Waals surface area contributed by atoms with Crippen LogP contribution in [-0.2, 0) is 22.6 Å². The first-order chi connectivity index (χ1) is 17.2. The Labute approximate surface area is 215 Å². The molecular weight excluding hydrogens is 448 g/mol. The molecule has 5 nitrogen and oxygen atoms in total. The molecule has 3 rings (SSSR count). The summed E-state index contributed by atoms with van der Waals surface area (Å²) in [7, 11) is 0. The molecule has 1 N–H and O–H groups in total. The van der Waals surface area contributed by atoms with Crippen LogP contribution >= 0.6 is 0 Å². The lowest BCUT2D eigenvalue weighted by Gasteiger charge is -2.32. The number of carbonyl (C=O) groups excluding carboxylic acids is 2. The van der Waals surface area contributed by atoms with Gasteiger partial charge in [-0.2, -0.15) is 0 Å². The maximum Gasteiger partial charge on any atom is 0.261 e. The first kappa shape index (κ1) is 27.0. The third-order valence-electron chi connectivity index (χ3n) is 6.11. The summed E-state index contributed by atoms with van der Waals surface area (Å²) in [5.74, 6) is 0.601. The number of ether oxygens (including phenoxy) is 1. The van der Waals surface area contributed by atoms with E-state index in [1.165, 1.54) is 0 Å². The summed E-state index contributed by atoms with van der Waals surface area (Å²) in [6, 6.07) is 23.1. The third kappa shape index (κ3) is 7.98. The number of carbonyl (C=O) groups is 2. The highest BCUT2D eigenvalue weighted by Crippen LogP contribution is 2.20. The molecule has 0 spiro atoms. The molecule has 5 heteroatoms. The van der Waals surface area contributed by atoms with Crippen LogP contribution < -0.4 is 10.1 Å². The van der Waals surface area contributed by atoms with Crippen molar-refractivity contribution < 1.29 is 14.3 Å². The van der Waals surface area contributed by atoms with Crippen molar-refractivity contribution in [2.24, 2.45) is 5.92 Å². The first-order valence-corrected chi connectivity index (χ1v) is 12.6. The summed E-state index contributed by atoms with van der Waals surface area (Å²) < 4.78 is 5.95. The fourth-order valence-electron chi connectivity index (χ4n) is 4.05. The molecule has 190 valence electrons. The van der Waals surface area contributed by atoms with Gasteiger partial charge in [0.25, 0.3) is 5.91 Å². The number of hydrogen-bond donors (Lipinski definition) is 1. The van der Waals surface area contributed by atoms with E-state index in [-0.39, 0.29) is 18.4 Å². The molecule has 0 aliphatic carbocycles. The summed E-state index contributed by atoms with van der Waals surface area (Å²) in [6.45, 7) is 10.9. The van der Waals surface area contributed by atoms with E-state index in [4.69, 9.17) is 4.74 Å². The molecule has 0 aliphatic heterocycles. The standard InChI is InChI=1S/C31H38N2O3/c1-22(2)19-32-31(35)28(18-26-9-7-6-8-10-26)33(20-27-14-11-23(3)12-15-27)30(34)21-36-29-16-13-24(4)17-25(29)5/h6-17,22,28H,18-21H2,1-5H3,(H,32,35)/t28-/m1/s1. The van der Waals surface area contributed by atoms with Gasteiger partial charge in [0.2, 0.25) is 5.91 Å². The van der Waals surface area contributed by atoms with Gasteiger partial charge >= 0.3 is 0 Å². The van der Waals surface area contributed by atoms with E-state index < -0.39 is 6.04 Å². The van der Waals surface area contributed by atoms with Crippen molar-refractivity contribution in [2.45, 2.75) is 53.6 Å². The second-order valence-corrected chi connectivity index (χ2v) is 9.91. The third-order valence-corrected chi connectivity index (χ3v) is 6.11. The molecule has 0 fully saturated rings. The maximum atomic E-state index is 13.7. The Morgan fingerprint density at radius 1 is 0.861 bits per heavy atom. The van der Waals surface area contributed by atoms with Gasteiger partial charge in [0, 0.05) is 19.5 Å². The van der Waals surface area contributed by atoms with Crippen molar-refractivity contribution in [3.63, 3.8) is 0 Å².